The second kappa shape index (κ2) is 7.00. The Morgan fingerprint density at radius 2 is 1.78 bits per heavy atom. The monoisotopic (exact) mass is 316 g/mol. The molecular formula is C12H13BrO5. The SMILES string of the molecule is CCOC(=O)C(=Cc1ccc(Br)o1)C(=O)OCC. The molecule has 0 radical (unpaired) electrons. The molecule has 0 aromatic carbocycles. The van der Waals surface area contributed by atoms with E-state index >= 15 is 0 Å². The Balaban J connectivity index is 2.99. The Bertz CT molecular complexity index is 441. The van der Waals surface area contributed by atoms with Crippen molar-refractivity contribution in [2.24, 2.45) is 0 Å². The lowest BCUT2D eigenvalue weighted by atomic mass is 10.2. The Labute approximate surface area is 113 Å². The van der Waals surface area contributed by atoms with Crippen molar-refractivity contribution < 1.29 is 23.5 Å². The minimum absolute atomic E-state index is 0.178. The summed E-state index contributed by atoms with van der Waals surface area (Å²) in [5.41, 5.74) is -0.194. The van der Waals surface area contributed by atoms with Crippen LogP contribution in [0, 0.1) is 0 Å². The van der Waals surface area contributed by atoms with Crippen molar-refractivity contribution in [1.29, 1.82) is 0 Å². The molecule has 0 aliphatic heterocycles. The van der Waals surface area contributed by atoms with Crippen LogP contribution in [0.15, 0.2) is 26.8 Å². The Kier molecular flexibility index (Phi) is 5.64. The summed E-state index contributed by atoms with van der Waals surface area (Å²) in [7, 11) is 0. The first-order chi connectivity index (χ1) is 8.58. The highest BCUT2D eigenvalue weighted by atomic mass is 79.9. The number of hydrogen-bond donors (Lipinski definition) is 0. The van der Waals surface area contributed by atoms with E-state index in [4.69, 9.17) is 13.9 Å². The van der Waals surface area contributed by atoms with E-state index < -0.39 is 11.9 Å². The van der Waals surface area contributed by atoms with Gasteiger partial charge in [0.15, 0.2) is 4.67 Å². The molecule has 0 saturated carbocycles. The number of carbonyl (C=O) groups is 2. The summed E-state index contributed by atoms with van der Waals surface area (Å²) in [6.07, 6.45) is 1.29. The maximum Gasteiger partial charge on any atom is 0.345 e. The van der Waals surface area contributed by atoms with Gasteiger partial charge in [0.25, 0.3) is 0 Å². The van der Waals surface area contributed by atoms with Crippen LogP contribution in [-0.4, -0.2) is 25.2 Å². The largest absolute Gasteiger partial charge is 0.462 e. The van der Waals surface area contributed by atoms with Crippen LogP contribution in [0.4, 0.5) is 0 Å². The number of esters is 2. The summed E-state index contributed by atoms with van der Waals surface area (Å²) >= 11 is 3.13. The van der Waals surface area contributed by atoms with Gasteiger partial charge in [-0.15, -0.1) is 0 Å². The molecule has 0 aliphatic rings. The number of halogens is 1. The van der Waals surface area contributed by atoms with Crippen LogP contribution in [-0.2, 0) is 19.1 Å². The Morgan fingerprint density at radius 3 is 2.17 bits per heavy atom. The van der Waals surface area contributed by atoms with Crippen LogP contribution in [0.25, 0.3) is 6.08 Å². The summed E-state index contributed by atoms with van der Waals surface area (Å²) in [4.78, 5) is 23.3. The van der Waals surface area contributed by atoms with Gasteiger partial charge >= 0.3 is 11.9 Å². The standard InChI is InChI=1S/C12H13BrO5/c1-3-16-11(14)9(12(15)17-4-2)7-8-5-6-10(13)18-8/h5-7H,3-4H2,1-2H3. The molecule has 0 N–H and O–H groups in total. The van der Waals surface area contributed by atoms with Crippen molar-refractivity contribution in [1.82, 2.24) is 0 Å². The van der Waals surface area contributed by atoms with E-state index in [9.17, 15) is 9.59 Å². The van der Waals surface area contributed by atoms with Crippen LogP contribution in [0.3, 0.4) is 0 Å². The van der Waals surface area contributed by atoms with Gasteiger partial charge in [0, 0.05) is 6.08 Å². The van der Waals surface area contributed by atoms with Crippen molar-refractivity contribution in [2.45, 2.75) is 13.8 Å². The average Bonchev–Trinajstić information content (AvgIpc) is 2.72. The highest BCUT2D eigenvalue weighted by Crippen LogP contribution is 2.17. The molecular weight excluding hydrogens is 304 g/mol. The van der Waals surface area contributed by atoms with Gasteiger partial charge in [-0.05, 0) is 41.9 Å². The minimum Gasteiger partial charge on any atom is -0.462 e. The van der Waals surface area contributed by atoms with Crippen LogP contribution in [0.1, 0.15) is 19.6 Å². The van der Waals surface area contributed by atoms with Crippen LogP contribution < -0.4 is 0 Å². The average molecular weight is 317 g/mol. The van der Waals surface area contributed by atoms with Crippen molar-refractivity contribution in [2.75, 3.05) is 13.2 Å². The van der Waals surface area contributed by atoms with Gasteiger partial charge < -0.3 is 13.9 Å². The van der Waals surface area contributed by atoms with Gasteiger partial charge in [-0.2, -0.15) is 0 Å². The van der Waals surface area contributed by atoms with Gasteiger partial charge in [0.2, 0.25) is 0 Å². The zero-order chi connectivity index (χ0) is 13.5. The number of rotatable bonds is 5. The first-order valence-corrected chi connectivity index (χ1v) is 6.19. The third-order valence-electron chi connectivity index (χ3n) is 1.87. The van der Waals surface area contributed by atoms with E-state index in [2.05, 4.69) is 15.9 Å². The molecule has 0 saturated heterocycles. The molecule has 0 atom stereocenters. The normalized spacial score (nSPS) is 9.72. The molecule has 0 spiro atoms. The maximum atomic E-state index is 11.6. The van der Waals surface area contributed by atoms with Crippen LogP contribution >= 0.6 is 15.9 Å². The van der Waals surface area contributed by atoms with Gasteiger partial charge in [-0.1, -0.05) is 0 Å². The predicted octanol–water partition coefficient (Wildman–Crippen LogP) is 2.55. The molecule has 5 nitrogen and oxygen atoms in total. The van der Waals surface area contributed by atoms with Crippen LogP contribution in [0.2, 0.25) is 0 Å². The fraction of sp³-hybridized carbons (Fsp3) is 0.333. The van der Waals surface area contributed by atoms with Crippen molar-refractivity contribution in [3.8, 4) is 0 Å². The van der Waals surface area contributed by atoms with E-state index in [0.717, 1.165) is 0 Å². The highest BCUT2D eigenvalue weighted by Gasteiger charge is 2.21. The molecule has 18 heavy (non-hydrogen) atoms. The first-order valence-electron chi connectivity index (χ1n) is 5.39. The number of carbonyl (C=O) groups excluding carboxylic acids is 2. The van der Waals surface area contributed by atoms with Gasteiger partial charge in [-0.3, -0.25) is 0 Å². The third kappa shape index (κ3) is 4.03. The van der Waals surface area contributed by atoms with Crippen molar-refractivity contribution >= 4 is 33.9 Å². The van der Waals surface area contributed by atoms with E-state index in [0.29, 0.717) is 10.4 Å². The van der Waals surface area contributed by atoms with Crippen molar-refractivity contribution in [3.63, 3.8) is 0 Å². The Morgan fingerprint density at radius 1 is 1.22 bits per heavy atom. The number of hydrogen-bond acceptors (Lipinski definition) is 5. The zero-order valence-corrected chi connectivity index (χ0v) is 11.7. The molecule has 6 heteroatoms. The number of ether oxygens (including phenoxy) is 2. The summed E-state index contributed by atoms with van der Waals surface area (Å²) < 4.78 is 15.3. The topological polar surface area (TPSA) is 65.7 Å². The fourth-order valence-corrected chi connectivity index (χ4v) is 1.49. The molecule has 1 heterocycles. The lowest BCUT2D eigenvalue weighted by Gasteiger charge is -2.05. The predicted molar refractivity (Wildman–Crippen MR) is 67.7 cm³/mol. The molecule has 1 rings (SSSR count). The lowest BCUT2D eigenvalue weighted by Crippen LogP contribution is -2.18. The number of furan rings is 1. The zero-order valence-electron chi connectivity index (χ0n) is 10.1. The molecule has 0 aliphatic carbocycles. The summed E-state index contributed by atoms with van der Waals surface area (Å²) in [6, 6.07) is 3.27. The van der Waals surface area contributed by atoms with Gasteiger partial charge in [0.1, 0.15) is 11.3 Å². The Hall–Kier alpha value is -1.56. The summed E-state index contributed by atoms with van der Waals surface area (Å²) in [5, 5.41) is 0. The maximum absolute atomic E-state index is 11.6. The molecule has 0 amide bonds. The van der Waals surface area contributed by atoms with E-state index in [-0.39, 0.29) is 18.8 Å². The molecule has 98 valence electrons. The smallest absolute Gasteiger partial charge is 0.345 e. The summed E-state index contributed by atoms with van der Waals surface area (Å²) in [6.45, 7) is 3.67. The second-order valence-corrected chi connectivity index (χ2v) is 3.92. The third-order valence-corrected chi connectivity index (χ3v) is 2.30. The van der Waals surface area contributed by atoms with E-state index in [1.165, 1.54) is 6.08 Å². The van der Waals surface area contributed by atoms with Gasteiger partial charge in [-0.25, -0.2) is 9.59 Å². The van der Waals surface area contributed by atoms with Gasteiger partial charge in [0.05, 0.1) is 13.2 Å². The first kappa shape index (κ1) is 14.5. The summed E-state index contributed by atoms with van der Waals surface area (Å²) in [5.74, 6) is -1.11. The van der Waals surface area contributed by atoms with Crippen molar-refractivity contribution in [3.05, 3.63) is 28.1 Å². The minimum atomic E-state index is -0.733. The molecule has 0 bridgehead atoms. The fourth-order valence-electron chi connectivity index (χ4n) is 1.17. The molecule has 1 aromatic heterocycles. The van der Waals surface area contributed by atoms with E-state index in [1.54, 1.807) is 26.0 Å². The van der Waals surface area contributed by atoms with E-state index in [1.807, 2.05) is 0 Å². The molecule has 1 aromatic rings. The van der Waals surface area contributed by atoms with Crippen LogP contribution in [0.5, 0.6) is 0 Å². The quantitative estimate of drug-likeness (QED) is 0.361. The molecule has 0 fully saturated rings. The highest BCUT2D eigenvalue weighted by molar-refractivity contribution is 9.10. The lowest BCUT2D eigenvalue weighted by molar-refractivity contribution is -0.146. The second-order valence-electron chi connectivity index (χ2n) is 3.14. The molecule has 0 unspecified atom stereocenters.